The highest BCUT2D eigenvalue weighted by Gasteiger charge is 2.26. The Morgan fingerprint density at radius 3 is 2.84 bits per heavy atom. The average molecular weight is 303 g/mol. The second kappa shape index (κ2) is 4.77. The minimum atomic E-state index is -0.147. The Bertz CT molecular complexity index is 688. The standard InChI is InChI=1S/C11H12Cl2N4O2/c1-2-16-7-8(12)14-10(13)15-9(7)17(11(16)18)6-3-4-19-5-6/h6H,2-5H2,1H3/t6-/m1/s1. The van der Waals surface area contributed by atoms with Crippen LogP contribution in [0, 0.1) is 0 Å². The van der Waals surface area contributed by atoms with E-state index in [1.807, 2.05) is 6.92 Å². The highest BCUT2D eigenvalue weighted by Crippen LogP contribution is 2.26. The Balaban J connectivity index is 2.37. The molecule has 2 aromatic heterocycles. The van der Waals surface area contributed by atoms with Gasteiger partial charge in [-0.15, -0.1) is 0 Å². The van der Waals surface area contributed by atoms with Gasteiger partial charge >= 0.3 is 5.69 Å². The normalized spacial score (nSPS) is 19.4. The summed E-state index contributed by atoms with van der Waals surface area (Å²) < 4.78 is 8.52. The lowest BCUT2D eigenvalue weighted by Gasteiger charge is -2.08. The maximum absolute atomic E-state index is 12.5. The fraction of sp³-hybridized carbons (Fsp3) is 0.545. The largest absolute Gasteiger partial charge is 0.379 e. The molecule has 1 atom stereocenters. The topological polar surface area (TPSA) is 61.9 Å². The lowest BCUT2D eigenvalue weighted by atomic mass is 10.2. The second-order valence-electron chi connectivity index (χ2n) is 4.37. The van der Waals surface area contributed by atoms with Crippen LogP contribution in [0.2, 0.25) is 10.4 Å². The zero-order chi connectivity index (χ0) is 13.6. The molecule has 3 heterocycles. The summed E-state index contributed by atoms with van der Waals surface area (Å²) in [6, 6.07) is -0.0233. The number of aryl methyl sites for hydroxylation is 1. The molecule has 8 heteroatoms. The Kier molecular flexibility index (Phi) is 3.24. The molecule has 3 rings (SSSR count). The summed E-state index contributed by atoms with van der Waals surface area (Å²) in [6.45, 7) is 3.52. The Labute approximate surface area is 118 Å². The van der Waals surface area contributed by atoms with Gasteiger partial charge in [0, 0.05) is 13.2 Å². The summed E-state index contributed by atoms with van der Waals surface area (Å²) >= 11 is 11.9. The van der Waals surface area contributed by atoms with Crippen molar-refractivity contribution in [3.63, 3.8) is 0 Å². The second-order valence-corrected chi connectivity index (χ2v) is 5.07. The van der Waals surface area contributed by atoms with Crippen LogP contribution in [-0.2, 0) is 11.3 Å². The van der Waals surface area contributed by atoms with E-state index < -0.39 is 0 Å². The van der Waals surface area contributed by atoms with Crippen LogP contribution in [0.4, 0.5) is 0 Å². The summed E-state index contributed by atoms with van der Waals surface area (Å²) in [6.07, 6.45) is 0.780. The SMILES string of the molecule is CCn1c(=O)n([C@@H]2CCOC2)c2nc(Cl)nc(Cl)c21. The first-order chi connectivity index (χ1) is 9.13. The molecule has 0 spiro atoms. The molecule has 0 N–H and O–H groups in total. The predicted molar refractivity (Wildman–Crippen MR) is 72.0 cm³/mol. The number of rotatable bonds is 2. The number of aromatic nitrogens is 4. The van der Waals surface area contributed by atoms with Gasteiger partial charge in [0.05, 0.1) is 12.6 Å². The maximum Gasteiger partial charge on any atom is 0.330 e. The molecule has 0 amide bonds. The zero-order valence-corrected chi connectivity index (χ0v) is 11.8. The van der Waals surface area contributed by atoms with Crippen LogP contribution >= 0.6 is 23.2 Å². The van der Waals surface area contributed by atoms with Gasteiger partial charge in [-0.05, 0) is 24.9 Å². The van der Waals surface area contributed by atoms with Crippen LogP contribution in [0.3, 0.4) is 0 Å². The van der Waals surface area contributed by atoms with Crippen molar-refractivity contribution in [1.29, 1.82) is 0 Å². The molecule has 0 aliphatic carbocycles. The average Bonchev–Trinajstić information content (AvgIpc) is 2.94. The van der Waals surface area contributed by atoms with Crippen LogP contribution in [0.5, 0.6) is 0 Å². The fourth-order valence-corrected chi connectivity index (χ4v) is 2.93. The highest BCUT2D eigenvalue weighted by atomic mass is 35.5. The first-order valence-corrected chi connectivity index (χ1v) is 6.80. The number of hydrogen-bond donors (Lipinski definition) is 0. The van der Waals surface area contributed by atoms with Crippen molar-refractivity contribution in [3.8, 4) is 0 Å². The van der Waals surface area contributed by atoms with Gasteiger partial charge in [0.1, 0.15) is 5.52 Å². The van der Waals surface area contributed by atoms with Crippen molar-refractivity contribution in [1.82, 2.24) is 19.1 Å². The van der Waals surface area contributed by atoms with Gasteiger partial charge in [-0.3, -0.25) is 9.13 Å². The van der Waals surface area contributed by atoms with Crippen LogP contribution in [0.25, 0.3) is 11.2 Å². The van der Waals surface area contributed by atoms with Crippen molar-refractivity contribution in [2.24, 2.45) is 0 Å². The molecule has 0 unspecified atom stereocenters. The monoisotopic (exact) mass is 302 g/mol. The molecule has 0 radical (unpaired) electrons. The number of ether oxygens (including phenoxy) is 1. The van der Waals surface area contributed by atoms with Gasteiger partial charge in [0.15, 0.2) is 10.8 Å². The van der Waals surface area contributed by atoms with Crippen molar-refractivity contribution in [3.05, 3.63) is 20.9 Å². The van der Waals surface area contributed by atoms with Gasteiger partial charge in [-0.2, -0.15) is 4.98 Å². The Morgan fingerprint density at radius 2 is 2.21 bits per heavy atom. The quantitative estimate of drug-likeness (QED) is 0.628. The Morgan fingerprint density at radius 1 is 1.42 bits per heavy atom. The fourth-order valence-electron chi connectivity index (χ4n) is 2.46. The van der Waals surface area contributed by atoms with Crippen LogP contribution in [0.1, 0.15) is 19.4 Å². The van der Waals surface area contributed by atoms with E-state index in [2.05, 4.69) is 9.97 Å². The molecule has 0 aromatic carbocycles. The molecule has 6 nitrogen and oxygen atoms in total. The molecule has 0 saturated carbocycles. The maximum atomic E-state index is 12.5. The summed E-state index contributed by atoms with van der Waals surface area (Å²) in [7, 11) is 0. The summed E-state index contributed by atoms with van der Waals surface area (Å²) in [5.41, 5.74) is 0.865. The molecule has 1 aliphatic rings. The van der Waals surface area contributed by atoms with Crippen molar-refractivity contribution >= 4 is 34.4 Å². The van der Waals surface area contributed by atoms with Gasteiger partial charge in [0.2, 0.25) is 5.28 Å². The van der Waals surface area contributed by atoms with Crippen LogP contribution in [0.15, 0.2) is 4.79 Å². The number of imidazole rings is 1. The molecular weight excluding hydrogens is 291 g/mol. The highest BCUT2D eigenvalue weighted by molar-refractivity contribution is 6.35. The van der Waals surface area contributed by atoms with E-state index in [0.29, 0.717) is 30.9 Å². The molecule has 2 aromatic rings. The molecule has 19 heavy (non-hydrogen) atoms. The minimum Gasteiger partial charge on any atom is -0.379 e. The van der Waals surface area contributed by atoms with Crippen molar-refractivity contribution in [2.75, 3.05) is 13.2 Å². The molecular formula is C11H12Cl2N4O2. The Hall–Kier alpha value is -1.11. The lowest BCUT2D eigenvalue weighted by molar-refractivity contribution is 0.186. The predicted octanol–water partition coefficient (Wildman–Crippen LogP) is 1.88. The summed E-state index contributed by atoms with van der Waals surface area (Å²) in [5, 5.41) is 0.241. The first-order valence-electron chi connectivity index (χ1n) is 6.05. The number of fused-ring (bicyclic) bond motifs is 1. The zero-order valence-electron chi connectivity index (χ0n) is 10.3. The van der Waals surface area contributed by atoms with E-state index in [1.165, 1.54) is 0 Å². The van der Waals surface area contributed by atoms with Gasteiger partial charge < -0.3 is 4.74 Å². The van der Waals surface area contributed by atoms with E-state index in [4.69, 9.17) is 27.9 Å². The van der Waals surface area contributed by atoms with Gasteiger partial charge in [-0.1, -0.05) is 11.6 Å². The number of halogens is 2. The molecule has 1 saturated heterocycles. The van der Waals surface area contributed by atoms with Gasteiger partial charge in [-0.25, -0.2) is 9.78 Å². The van der Waals surface area contributed by atoms with Crippen molar-refractivity contribution < 1.29 is 4.74 Å². The third kappa shape index (κ3) is 1.94. The lowest BCUT2D eigenvalue weighted by Crippen LogP contribution is -2.27. The summed E-state index contributed by atoms with van der Waals surface area (Å²) in [5.74, 6) is 0. The molecule has 1 aliphatic heterocycles. The van der Waals surface area contributed by atoms with E-state index in [0.717, 1.165) is 6.42 Å². The third-order valence-corrected chi connectivity index (χ3v) is 3.75. The van der Waals surface area contributed by atoms with Gasteiger partial charge in [0.25, 0.3) is 0 Å². The smallest absolute Gasteiger partial charge is 0.330 e. The molecule has 102 valence electrons. The third-order valence-electron chi connectivity index (χ3n) is 3.32. The number of nitrogens with zero attached hydrogens (tertiary/aromatic N) is 4. The van der Waals surface area contributed by atoms with E-state index >= 15 is 0 Å². The minimum absolute atomic E-state index is 0.0233. The summed E-state index contributed by atoms with van der Waals surface area (Å²) in [4.78, 5) is 20.5. The van der Waals surface area contributed by atoms with E-state index in [9.17, 15) is 4.79 Å². The van der Waals surface area contributed by atoms with E-state index in [-0.39, 0.29) is 22.2 Å². The first kappa shape index (κ1) is 12.9. The van der Waals surface area contributed by atoms with Crippen LogP contribution in [-0.4, -0.2) is 32.3 Å². The van der Waals surface area contributed by atoms with E-state index in [1.54, 1.807) is 9.13 Å². The molecule has 1 fully saturated rings. The molecule has 0 bridgehead atoms. The van der Waals surface area contributed by atoms with Crippen LogP contribution < -0.4 is 5.69 Å². The number of hydrogen-bond acceptors (Lipinski definition) is 4. The van der Waals surface area contributed by atoms with Crippen molar-refractivity contribution in [2.45, 2.75) is 25.9 Å².